The highest BCUT2D eigenvalue weighted by atomic mass is 16.5. The number of hydrogen-bond acceptors (Lipinski definition) is 22. The van der Waals surface area contributed by atoms with E-state index in [4.69, 9.17) is 60.3 Å². The minimum atomic E-state index is -0.375. The van der Waals surface area contributed by atoms with Crippen LogP contribution in [0.5, 0.6) is 28.7 Å². The fourth-order valence-electron chi connectivity index (χ4n) is 15.6. The molecule has 12 aromatic rings. The molecule has 4 N–H and O–H groups in total. The van der Waals surface area contributed by atoms with E-state index in [0.717, 1.165) is 122 Å². The third-order valence-electron chi connectivity index (χ3n) is 22.6. The number of amides is 8. The van der Waals surface area contributed by atoms with Gasteiger partial charge in [-0.05, 0) is 198 Å². The Morgan fingerprint density at radius 3 is 1.06 bits per heavy atom. The second-order valence-electron chi connectivity index (χ2n) is 33.9. The second kappa shape index (κ2) is 44.4. The van der Waals surface area contributed by atoms with E-state index in [1.54, 1.807) is 65.7 Å². The number of methoxy groups -OCH3 is 3. The number of carbonyl (C=O) groups is 4. The zero-order valence-corrected chi connectivity index (χ0v) is 77.8. The van der Waals surface area contributed by atoms with Gasteiger partial charge in [-0.3, -0.25) is 24.5 Å². The first-order valence-corrected chi connectivity index (χ1v) is 44.8. The maximum Gasteiger partial charge on any atom is 0.321 e. The van der Waals surface area contributed by atoms with Crippen molar-refractivity contribution in [3.05, 3.63) is 255 Å². The standard InChI is InChI=1S/C26H30N4O5.2C26H31N3O4.C24H27N3O4/c1-18-3-4-22(34-17-29-7-9-33-10-8-29)12-19(18)14-25-28-16-24(35-25)20-11-21(15-23(13-20)32-2)30-6-5-27-26(30)31;1-17-6-7-18(16-31-5)10-19(17)13-24-28-15-23(32-24)20-11-21(29-9-8-27-25(29)30)14-22(12-20)33-26(2,3)4;1-5-31-16-19-7-6-18(4)20(10-19)13-25-28-15-24(33-25)21-11-22(29-9-8-27-26(29)30)14-23(12-21)32-17(2)3;1-4-30-15-17-6-5-16(2)18(9-17)12-23-26-14-22(31-23)19-10-20(13-21(11-19)29-3)27-8-7-25-24(27)28/h3-4,11-13,15-16H,5-10,14,17H2,1-2H3,(H,27,31);6-7,10-12,14-15H,8-9,13,16H2,1-5H3,(H,27,30);6-7,10-12,14-15,17H,5,8-9,13,16H2,1-4H3,(H,27,30);5-6,9-11,13-14H,4,7-8,12,15H2,1-3H3,(H,25,28). The van der Waals surface area contributed by atoms with Gasteiger partial charge in [-0.1, -0.05) is 60.7 Å². The number of ether oxygens (including phenoxy) is 9. The van der Waals surface area contributed by atoms with E-state index in [2.05, 4.69) is 141 Å². The summed E-state index contributed by atoms with van der Waals surface area (Å²) in [5.41, 5.74) is 18.6. The van der Waals surface area contributed by atoms with Crippen molar-refractivity contribution in [1.82, 2.24) is 46.1 Å². The summed E-state index contributed by atoms with van der Waals surface area (Å²) in [6.07, 6.45) is 9.23. The Bertz CT molecular complexity index is 5960. The summed E-state index contributed by atoms with van der Waals surface area (Å²) in [4.78, 5) is 75.8. The number of nitrogens with one attached hydrogen (secondary N) is 4. The van der Waals surface area contributed by atoms with Gasteiger partial charge in [0, 0.05) is 181 Å². The van der Waals surface area contributed by atoms with E-state index in [1.807, 2.05) is 127 Å². The highest BCUT2D eigenvalue weighted by molar-refractivity contribution is 5.97. The molecule has 5 aliphatic rings. The Morgan fingerprint density at radius 1 is 0.394 bits per heavy atom. The van der Waals surface area contributed by atoms with Gasteiger partial charge in [0.15, 0.2) is 46.6 Å². The number of aryl methyl sites for hydroxylation is 4. The largest absolute Gasteiger partial charge is 0.497 e. The van der Waals surface area contributed by atoms with E-state index < -0.39 is 0 Å². The molecule has 8 aromatic carbocycles. The minimum Gasteiger partial charge on any atom is -0.497 e. The number of nitrogens with zero attached hydrogens (tertiary/aromatic N) is 9. The van der Waals surface area contributed by atoms with Crippen LogP contribution in [0.15, 0.2) is 188 Å². The molecule has 5 fully saturated rings. The van der Waals surface area contributed by atoms with Crippen LogP contribution in [0.3, 0.4) is 0 Å². The van der Waals surface area contributed by atoms with Crippen LogP contribution in [0, 0.1) is 27.7 Å². The van der Waals surface area contributed by atoms with Crippen LogP contribution in [-0.4, -0.2) is 181 Å². The molecule has 0 unspecified atom stereocenters. The third-order valence-corrected chi connectivity index (χ3v) is 22.6. The molecule has 0 radical (unpaired) electrons. The Hall–Kier alpha value is -13.5. The molecular formula is C102H119N13O17. The molecule has 9 heterocycles. The fourth-order valence-corrected chi connectivity index (χ4v) is 15.6. The van der Waals surface area contributed by atoms with Crippen molar-refractivity contribution in [3.63, 3.8) is 0 Å². The molecule has 8 amide bonds. The number of hydrogen-bond donors (Lipinski definition) is 4. The van der Waals surface area contributed by atoms with Gasteiger partial charge >= 0.3 is 24.1 Å². The summed E-state index contributed by atoms with van der Waals surface area (Å²) in [6.45, 7) is 34.1. The average molecular weight is 1800 g/mol. The summed E-state index contributed by atoms with van der Waals surface area (Å²) in [7, 11) is 4.91. The first kappa shape index (κ1) is 94.6. The van der Waals surface area contributed by atoms with Gasteiger partial charge in [-0.2, -0.15) is 0 Å². The summed E-state index contributed by atoms with van der Waals surface area (Å²) in [5.74, 6) is 8.54. The first-order valence-electron chi connectivity index (χ1n) is 44.8. The lowest BCUT2D eigenvalue weighted by Crippen LogP contribution is -2.38. The summed E-state index contributed by atoms with van der Waals surface area (Å²) >= 11 is 0. The number of anilines is 4. The molecule has 0 saturated carbocycles. The molecule has 30 nitrogen and oxygen atoms in total. The number of benzene rings is 8. The number of rotatable bonds is 32. The van der Waals surface area contributed by atoms with Crippen molar-refractivity contribution < 1.29 is 79.5 Å². The lowest BCUT2D eigenvalue weighted by molar-refractivity contribution is 0.00406. The topological polar surface area (TPSA) is 320 Å². The van der Waals surface area contributed by atoms with Crippen LogP contribution in [0.4, 0.5) is 41.9 Å². The van der Waals surface area contributed by atoms with Gasteiger partial charge in [0.2, 0.25) is 0 Å². The van der Waals surface area contributed by atoms with Gasteiger partial charge in [0.1, 0.15) is 41.1 Å². The van der Waals surface area contributed by atoms with Crippen molar-refractivity contribution in [2.45, 2.75) is 133 Å². The van der Waals surface area contributed by atoms with Gasteiger partial charge in [0.05, 0.1) is 78.1 Å². The molecule has 0 bridgehead atoms. The van der Waals surface area contributed by atoms with E-state index in [-0.39, 0.29) is 35.8 Å². The predicted octanol–water partition coefficient (Wildman–Crippen LogP) is 18.0. The summed E-state index contributed by atoms with van der Waals surface area (Å²) < 4.78 is 75.2. The number of urea groups is 4. The fraction of sp³-hybridized carbons (Fsp3) is 0.373. The summed E-state index contributed by atoms with van der Waals surface area (Å²) in [5, 5.41) is 11.3. The smallest absolute Gasteiger partial charge is 0.321 e. The van der Waals surface area contributed by atoms with E-state index in [0.29, 0.717) is 187 Å². The molecule has 0 atom stereocenters. The van der Waals surface area contributed by atoms with Crippen LogP contribution in [0.2, 0.25) is 0 Å². The van der Waals surface area contributed by atoms with Gasteiger partial charge in [0.25, 0.3) is 0 Å². The maximum absolute atomic E-state index is 12.3. The van der Waals surface area contributed by atoms with Crippen molar-refractivity contribution in [1.29, 1.82) is 0 Å². The molecule has 132 heavy (non-hydrogen) atoms. The maximum atomic E-state index is 12.3. The van der Waals surface area contributed by atoms with Gasteiger partial charge in [-0.25, -0.2) is 39.1 Å². The van der Waals surface area contributed by atoms with Gasteiger partial charge in [-0.15, -0.1) is 0 Å². The molecule has 5 saturated heterocycles. The Kier molecular flexibility index (Phi) is 31.8. The molecule has 17 rings (SSSR count). The molecule has 694 valence electrons. The van der Waals surface area contributed by atoms with E-state index in [1.165, 1.54) is 16.7 Å². The highest BCUT2D eigenvalue weighted by Gasteiger charge is 2.30. The SMILES string of the molecule is CCOCc1ccc(C)c(Cc2ncc(-c3cc(OC(C)C)cc(N4CCNC4=O)c3)o2)c1.CCOCc1ccc(C)c(Cc2ncc(-c3cc(OC)cc(N4CCNC4=O)c3)o2)c1.COCc1ccc(C)c(Cc2ncc(-c3cc(OC(C)(C)C)cc(N4CCNC4=O)c3)o2)c1.COc1cc(-c2cnc(Cc3cc(OCN4CCOCC4)ccc3C)o2)cc(N2CCNC2=O)c1. The molecule has 0 aliphatic carbocycles. The lowest BCUT2D eigenvalue weighted by Gasteiger charge is -2.26. The van der Waals surface area contributed by atoms with Crippen molar-refractivity contribution >= 4 is 46.9 Å². The number of oxazole rings is 4. The Labute approximate surface area is 770 Å². The Balaban J connectivity index is 0.000000142. The van der Waals surface area contributed by atoms with Crippen LogP contribution in [0.25, 0.3) is 45.3 Å². The van der Waals surface area contributed by atoms with Crippen LogP contribution < -0.4 is 64.6 Å². The third kappa shape index (κ3) is 25.4. The molecule has 30 heteroatoms. The van der Waals surface area contributed by atoms with Gasteiger partial charge < -0.3 is 81.6 Å². The van der Waals surface area contributed by atoms with Crippen LogP contribution in [-0.2, 0) is 64.5 Å². The lowest BCUT2D eigenvalue weighted by atomic mass is 10.0. The highest BCUT2D eigenvalue weighted by Crippen LogP contribution is 2.39. The quantitative estimate of drug-likeness (QED) is 0.0304. The van der Waals surface area contributed by atoms with Crippen LogP contribution >= 0.6 is 0 Å². The number of aromatic nitrogens is 4. The number of carbonyl (C=O) groups excluding carboxylic acids is 4. The average Bonchev–Trinajstić information content (AvgIpc) is 1.60. The van der Waals surface area contributed by atoms with Crippen molar-refractivity contribution in [3.8, 4) is 74.0 Å². The Morgan fingerprint density at radius 2 is 0.727 bits per heavy atom. The normalized spacial score (nSPS) is 14.4. The van der Waals surface area contributed by atoms with Crippen molar-refractivity contribution in [2.24, 2.45) is 0 Å². The van der Waals surface area contributed by atoms with E-state index in [9.17, 15) is 19.2 Å². The van der Waals surface area contributed by atoms with Crippen LogP contribution in [0.1, 0.15) is 133 Å². The number of morpholine rings is 1. The molecule has 0 spiro atoms. The molecular weight excluding hydrogens is 1680 g/mol. The second-order valence-corrected chi connectivity index (χ2v) is 33.9. The first-order chi connectivity index (χ1) is 63.8. The van der Waals surface area contributed by atoms with E-state index >= 15 is 0 Å². The summed E-state index contributed by atoms with van der Waals surface area (Å²) in [6, 6.07) is 47.4. The molecule has 4 aromatic heterocycles. The zero-order chi connectivity index (χ0) is 93.0. The molecule has 5 aliphatic heterocycles. The zero-order valence-electron chi connectivity index (χ0n) is 77.8. The van der Waals surface area contributed by atoms with Crippen molar-refractivity contribution in [2.75, 3.05) is 140 Å². The monoisotopic (exact) mass is 1800 g/mol. The predicted molar refractivity (Wildman–Crippen MR) is 505 cm³/mol. The minimum absolute atomic E-state index is 0.0118.